The molecular formula is C15H20N2O4. The van der Waals surface area contributed by atoms with E-state index in [1.807, 2.05) is 13.8 Å². The lowest BCUT2D eigenvalue weighted by molar-refractivity contribution is 0.0960. The van der Waals surface area contributed by atoms with Gasteiger partial charge in [0.1, 0.15) is 19.5 Å². The number of hydrogen-bond acceptors (Lipinski definition) is 6. The number of fused-ring (bicyclic) bond motifs is 1. The fourth-order valence-electron chi connectivity index (χ4n) is 2.26. The highest BCUT2D eigenvalue weighted by Gasteiger charge is 2.33. The monoisotopic (exact) mass is 292 g/mol. The Morgan fingerprint density at radius 3 is 2.67 bits per heavy atom. The smallest absolute Gasteiger partial charge is 0.286 e. The van der Waals surface area contributed by atoms with Gasteiger partial charge in [-0.25, -0.2) is 0 Å². The molecule has 0 aliphatic carbocycles. The van der Waals surface area contributed by atoms with Crippen molar-refractivity contribution < 1.29 is 19.5 Å². The van der Waals surface area contributed by atoms with Gasteiger partial charge in [-0.3, -0.25) is 0 Å². The third-order valence-corrected chi connectivity index (χ3v) is 3.40. The molecule has 0 atom stereocenters. The van der Waals surface area contributed by atoms with Crippen LogP contribution >= 0.6 is 0 Å². The van der Waals surface area contributed by atoms with Gasteiger partial charge in [-0.1, -0.05) is 18.1 Å². The SMILES string of the molecule is CCc1cc(C)c(C)c2c1C(=N/OC)/C(=N\OCCO)O2. The molecule has 1 heterocycles. The largest absolute Gasteiger partial charge is 0.434 e. The Bertz CT molecular complexity index is 594. The molecule has 114 valence electrons. The van der Waals surface area contributed by atoms with Crippen molar-refractivity contribution in [2.45, 2.75) is 27.2 Å². The maximum Gasteiger partial charge on any atom is 0.286 e. The molecule has 0 aromatic heterocycles. The average Bonchev–Trinajstić information content (AvgIpc) is 2.83. The molecule has 0 saturated carbocycles. The van der Waals surface area contributed by atoms with Gasteiger partial charge < -0.3 is 19.5 Å². The molecule has 6 heteroatoms. The van der Waals surface area contributed by atoms with E-state index < -0.39 is 0 Å². The Labute approximate surface area is 124 Å². The number of hydrogen-bond donors (Lipinski definition) is 1. The van der Waals surface area contributed by atoms with Gasteiger partial charge in [-0.2, -0.15) is 0 Å². The van der Waals surface area contributed by atoms with Gasteiger partial charge in [0, 0.05) is 0 Å². The Kier molecular flexibility index (Phi) is 4.80. The topological polar surface area (TPSA) is 72.6 Å². The van der Waals surface area contributed by atoms with Crippen LogP contribution in [0.4, 0.5) is 0 Å². The molecule has 2 rings (SSSR count). The summed E-state index contributed by atoms with van der Waals surface area (Å²) >= 11 is 0. The van der Waals surface area contributed by atoms with Gasteiger partial charge in [0.15, 0.2) is 5.71 Å². The molecule has 0 fully saturated rings. The zero-order valence-corrected chi connectivity index (χ0v) is 12.8. The Hall–Kier alpha value is -2.08. The van der Waals surface area contributed by atoms with Crippen molar-refractivity contribution in [1.82, 2.24) is 0 Å². The van der Waals surface area contributed by atoms with E-state index in [9.17, 15) is 0 Å². The normalized spacial score (nSPS) is 17.0. The van der Waals surface area contributed by atoms with Crippen LogP contribution < -0.4 is 4.74 Å². The van der Waals surface area contributed by atoms with Crippen LogP contribution in [0.3, 0.4) is 0 Å². The summed E-state index contributed by atoms with van der Waals surface area (Å²) in [6.45, 7) is 6.10. The zero-order chi connectivity index (χ0) is 15.4. The van der Waals surface area contributed by atoms with Crippen molar-refractivity contribution in [2.75, 3.05) is 20.3 Å². The van der Waals surface area contributed by atoms with Crippen molar-refractivity contribution in [3.63, 3.8) is 0 Å². The highest BCUT2D eigenvalue weighted by molar-refractivity contribution is 6.49. The van der Waals surface area contributed by atoms with Crippen LogP contribution in [-0.4, -0.2) is 37.0 Å². The number of benzene rings is 1. The fraction of sp³-hybridized carbons (Fsp3) is 0.467. The molecule has 6 nitrogen and oxygen atoms in total. The highest BCUT2D eigenvalue weighted by Crippen LogP contribution is 2.36. The number of aryl methyl sites for hydroxylation is 2. The quantitative estimate of drug-likeness (QED) is 0.665. The van der Waals surface area contributed by atoms with E-state index in [1.54, 1.807) is 0 Å². The maximum atomic E-state index is 8.76. The lowest BCUT2D eigenvalue weighted by Gasteiger charge is -2.10. The summed E-state index contributed by atoms with van der Waals surface area (Å²) in [6, 6.07) is 2.13. The van der Waals surface area contributed by atoms with Crippen molar-refractivity contribution in [3.05, 3.63) is 28.3 Å². The zero-order valence-electron chi connectivity index (χ0n) is 12.8. The summed E-state index contributed by atoms with van der Waals surface area (Å²) in [5.41, 5.74) is 4.73. The van der Waals surface area contributed by atoms with Gasteiger partial charge in [0.25, 0.3) is 5.90 Å². The number of oxime groups is 2. The Balaban J connectivity index is 2.53. The van der Waals surface area contributed by atoms with Crippen molar-refractivity contribution in [1.29, 1.82) is 0 Å². The standard InChI is InChI=1S/C15H20N2O4/c1-5-11-8-9(2)10(3)14-12(11)13(16-19-4)15(21-14)17-20-7-6-18/h8,18H,5-7H2,1-4H3/b16-13-,17-15+. The van der Waals surface area contributed by atoms with Crippen LogP contribution in [0.2, 0.25) is 0 Å². The molecule has 0 saturated heterocycles. The van der Waals surface area contributed by atoms with Crippen molar-refractivity contribution in [2.24, 2.45) is 10.3 Å². The van der Waals surface area contributed by atoms with Crippen LogP contribution in [0.25, 0.3) is 0 Å². The summed E-state index contributed by atoms with van der Waals surface area (Å²) in [5, 5.41) is 16.7. The van der Waals surface area contributed by atoms with Crippen LogP contribution in [0.5, 0.6) is 5.75 Å². The number of rotatable bonds is 5. The second kappa shape index (κ2) is 6.58. The molecule has 1 aromatic carbocycles. The molecule has 0 unspecified atom stereocenters. The first kappa shape index (κ1) is 15.3. The molecule has 1 N–H and O–H groups in total. The molecule has 1 aliphatic rings. The molecule has 0 spiro atoms. The first-order valence-electron chi connectivity index (χ1n) is 6.87. The van der Waals surface area contributed by atoms with Gasteiger partial charge in [0.2, 0.25) is 0 Å². The van der Waals surface area contributed by atoms with E-state index in [0.29, 0.717) is 5.71 Å². The van der Waals surface area contributed by atoms with Gasteiger partial charge in [0.05, 0.1) is 12.2 Å². The average molecular weight is 292 g/mol. The minimum Gasteiger partial charge on any atom is -0.434 e. The summed E-state index contributed by atoms with van der Waals surface area (Å²) < 4.78 is 5.81. The predicted molar refractivity (Wildman–Crippen MR) is 79.9 cm³/mol. The third kappa shape index (κ3) is 2.85. The van der Waals surface area contributed by atoms with Gasteiger partial charge in [-0.15, -0.1) is 0 Å². The second-order valence-electron chi connectivity index (χ2n) is 4.71. The molecule has 0 bridgehead atoms. The minimum atomic E-state index is -0.112. The number of ether oxygens (including phenoxy) is 1. The molecule has 21 heavy (non-hydrogen) atoms. The van der Waals surface area contributed by atoms with E-state index in [4.69, 9.17) is 19.5 Å². The third-order valence-electron chi connectivity index (χ3n) is 3.40. The van der Waals surface area contributed by atoms with E-state index in [0.717, 1.165) is 34.4 Å². The fourth-order valence-corrected chi connectivity index (χ4v) is 2.26. The van der Waals surface area contributed by atoms with Crippen LogP contribution in [0, 0.1) is 13.8 Å². The Morgan fingerprint density at radius 1 is 1.29 bits per heavy atom. The lowest BCUT2D eigenvalue weighted by Crippen LogP contribution is -2.16. The van der Waals surface area contributed by atoms with Gasteiger partial charge in [-0.05, 0) is 42.1 Å². The van der Waals surface area contributed by atoms with Crippen molar-refractivity contribution >= 4 is 11.6 Å². The summed E-state index contributed by atoms with van der Waals surface area (Å²) in [4.78, 5) is 9.91. The predicted octanol–water partition coefficient (Wildman–Crippen LogP) is 1.93. The van der Waals surface area contributed by atoms with E-state index >= 15 is 0 Å². The van der Waals surface area contributed by atoms with Crippen LogP contribution in [0.15, 0.2) is 16.4 Å². The maximum absolute atomic E-state index is 8.76. The first-order chi connectivity index (χ1) is 10.1. The highest BCUT2D eigenvalue weighted by atomic mass is 16.7. The lowest BCUT2D eigenvalue weighted by atomic mass is 9.95. The molecule has 1 aromatic rings. The molecular weight excluding hydrogens is 272 g/mol. The number of nitrogens with zero attached hydrogens (tertiary/aromatic N) is 2. The first-order valence-corrected chi connectivity index (χ1v) is 6.87. The summed E-state index contributed by atoms with van der Waals surface area (Å²) in [6.07, 6.45) is 0.848. The summed E-state index contributed by atoms with van der Waals surface area (Å²) in [7, 11) is 1.48. The summed E-state index contributed by atoms with van der Waals surface area (Å²) in [5.74, 6) is 0.998. The molecule has 0 radical (unpaired) electrons. The van der Waals surface area contributed by atoms with Crippen LogP contribution in [0.1, 0.15) is 29.2 Å². The Morgan fingerprint density at radius 2 is 2.05 bits per heavy atom. The van der Waals surface area contributed by atoms with Gasteiger partial charge >= 0.3 is 0 Å². The molecule has 0 amide bonds. The number of aliphatic hydroxyl groups is 1. The van der Waals surface area contributed by atoms with Crippen molar-refractivity contribution in [3.8, 4) is 5.75 Å². The minimum absolute atomic E-state index is 0.0993. The molecule has 1 aliphatic heterocycles. The van der Waals surface area contributed by atoms with E-state index in [-0.39, 0.29) is 19.1 Å². The number of aliphatic hydroxyl groups excluding tert-OH is 1. The van der Waals surface area contributed by atoms with Crippen LogP contribution in [-0.2, 0) is 16.1 Å². The van der Waals surface area contributed by atoms with E-state index in [1.165, 1.54) is 7.11 Å². The second-order valence-corrected chi connectivity index (χ2v) is 4.71. The van der Waals surface area contributed by atoms with E-state index in [2.05, 4.69) is 23.3 Å².